The lowest BCUT2D eigenvalue weighted by Crippen LogP contribution is -2.45. The van der Waals surface area contributed by atoms with E-state index in [9.17, 15) is 9.18 Å². The second-order valence-corrected chi connectivity index (χ2v) is 6.14. The van der Waals surface area contributed by atoms with Crippen molar-refractivity contribution in [3.8, 4) is 0 Å². The summed E-state index contributed by atoms with van der Waals surface area (Å²) in [5, 5.41) is 6.09. The van der Waals surface area contributed by atoms with Gasteiger partial charge in [0.15, 0.2) is 0 Å². The van der Waals surface area contributed by atoms with Gasteiger partial charge in [-0.3, -0.25) is 4.79 Å². The molecule has 1 fully saturated rings. The lowest BCUT2D eigenvalue weighted by atomic mass is 9.80. The topological polar surface area (TPSA) is 41.1 Å². The lowest BCUT2D eigenvalue weighted by Gasteiger charge is -2.32. The SMILES string of the molecule is CC1(C(=O)NCc2cc(Br)ccc2F)CCNCC1. The third-order valence-electron chi connectivity index (χ3n) is 3.70. The number of benzene rings is 1. The summed E-state index contributed by atoms with van der Waals surface area (Å²) in [6.07, 6.45) is 1.64. The average molecular weight is 329 g/mol. The fraction of sp³-hybridized carbons (Fsp3) is 0.500. The van der Waals surface area contributed by atoms with E-state index in [4.69, 9.17) is 0 Å². The first-order valence-corrected chi connectivity index (χ1v) is 7.23. The fourth-order valence-corrected chi connectivity index (χ4v) is 2.68. The van der Waals surface area contributed by atoms with Crippen LogP contribution in [0.2, 0.25) is 0 Å². The van der Waals surface area contributed by atoms with Crippen molar-refractivity contribution in [2.24, 2.45) is 5.41 Å². The van der Waals surface area contributed by atoms with Crippen LogP contribution in [-0.2, 0) is 11.3 Å². The van der Waals surface area contributed by atoms with Crippen LogP contribution < -0.4 is 10.6 Å². The summed E-state index contributed by atoms with van der Waals surface area (Å²) in [6.45, 7) is 3.91. The van der Waals surface area contributed by atoms with E-state index in [-0.39, 0.29) is 23.7 Å². The van der Waals surface area contributed by atoms with Crippen molar-refractivity contribution in [2.75, 3.05) is 13.1 Å². The number of nitrogens with one attached hydrogen (secondary N) is 2. The summed E-state index contributed by atoms with van der Waals surface area (Å²) in [7, 11) is 0. The Kier molecular flexibility index (Phi) is 4.58. The quantitative estimate of drug-likeness (QED) is 0.895. The van der Waals surface area contributed by atoms with Gasteiger partial charge in [0.1, 0.15) is 5.82 Å². The highest BCUT2D eigenvalue weighted by atomic mass is 79.9. The number of hydrogen-bond donors (Lipinski definition) is 2. The molecule has 1 aromatic rings. The summed E-state index contributed by atoms with van der Waals surface area (Å²) in [5.74, 6) is -0.285. The maximum Gasteiger partial charge on any atom is 0.226 e. The number of rotatable bonds is 3. The van der Waals surface area contributed by atoms with Gasteiger partial charge in [0, 0.05) is 22.0 Å². The van der Waals surface area contributed by atoms with Gasteiger partial charge in [-0.15, -0.1) is 0 Å². The highest BCUT2D eigenvalue weighted by molar-refractivity contribution is 9.10. The van der Waals surface area contributed by atoms with Crippen LogP contribution in [0.1, 0.15) is 25.3 Å². The number of carbonyl (C=O) groups is 1. The number of hydrogen-bond acceptors (Lipinski definition) is 2. The zero-order valence-electron chi connectivity index (χ0n) is 10.9. The molecule has 19 heavy (non-hydrogen) atoms. The molecule has 1 heterocycles. The predicted molar refractivity (Wildman–Crippen MR) is 76.2 cm³/mol. The van der Waals surface area contributed by atoms with Gasteiger partial charge in [-0.05, 0) is 44.1 Å². The van der Waals surface area contributed by atoms with Crippen LogP contribution in [0.3, 0.4) is 0 Å². The third-order valence-corrected chi connectivity index (χ3v) is 4.20. The Morgan fingerprint density at radius 3 is 2.84 bits per heavy atom. The monoisotopic (exact) mass is 328 g/mol. The standard InChI is InChI=1S/C14H18BrFN2O/c1-14(4-6-17-7-5-14)13(19)18-9-10-8-11(15)2-3-12(10)16/h2-3,8,17H,4-7,9H2,1H3,(H,18,19). The largest absolute Gasteiger partial charge is 0.351 e. The van der Waals surface area contributed by atoms with Crippen molar-refractivity contribution in [2.45, 2.75) is 26.3 Å². The molecule has 3 nitrogen and oxygen atoms in total. The Balaban J connectivity index is 1.98. The molecule has 0 unspecified atom stereocenters. The van der Waals surface area contributed by atoms with Gasteiger partial charge in [0.05, 0.1) is 0 Å². The van der Waals surface area contributed by atoms with Crippen molar-refractivity contribution >= 4 is 21.8 Å². The number of carbonyl (C=O) groups excluding carboxylic acids is 1. The van der Waals surface area contributed by atoms with Gasteiger partial charge in [0.25, 0.3) is 0 Å². The van der Waals surface area contributed by atoms with Crippen molar-refractivity contribution in [1.29, 1.82) is 0 Å². The average Bonchev–Trinajstić information content (AvgIpc) is 2.40. The van der Waals surface area contributed by atoms with E-state index >= 15 is 0 Å². The molecule has 2 N–H and O–H groups in total. The van der Waals surface area contributed by atoms with Crippen LogP contribution in [0, 0.1) is 11.2 Å². The van der Waals surface area contributed by atoms with Gasteiger partial charge < -0.3 is 10.6 Å². The van der Waals surface area contributed by atoms with Crippen LogP contribution in [0.5, 0.6) is 0 Å². The minimum atomic E-state index is -0.340. The second kappa shape index (κ2) is 6.01. The summed E-state index contributed by atoms with van der Waals surface area (Å²) < 4.78 is 14.4. The molecule has 0 aliphatic carbocycles. The van der Waals surface area contributed by atoms with Gasteiger partial charge in [0.2, 0.25) is 5.91 Å². The zero-order valence-corrected chi connectivity index (χ0v) is 12.5. The van der Waals surface area contributed by atoms with Gasteiger partial charge in [-0.1, -0.05) is 22.9 Å². The molecule has 0 atom stereocenters. The molecule has 1 saturated heterocycles. The molecular weight excluding hydrogens is 311 g/mol. The highest BCUT2D eigenvalue weighted by Gasteiger charge is 2.34. The minimum Gasteiger partial charge on any atom is -0.351 e. The van der Waals surface area contributed by atoms with E-state index in [1.807, 2.05) is 6.92 Å². The molecule has 1 aliphatic rings. The Bertz CT molecular complexity index is 473. The summed E-state index contributed by atoms with van der Waals surface area (Å²) in [4.78, 5) is 12.2. The van der Waals surface area contributed by atoms with Crippen LogP contribution >= 0.6 is 15.9 Å². The normalized spacial score (nSPS) is 18.1. The molecule has 0 spiro atoms. The molecule has 5 heteroatoms. The third kappa shape index (κ3) is 3.54. The number of halogens is 2. The van der Waals surface area contributed by atoms with Crippen molar-refractivity contribution in [3.63, 3.8) is 0 Å². The predicted octanol–water partition coefficient (Wildman–Crippen LogP) is 2.59. The van der Waals surface area contributed by atoms with E-state index in [1.54, 1.807) is 12.1 Å². The van der Waals surface area contributed by atoms with E-state index in [1.165, 1.54) is 6.07 Å². The molecule has 0 radical (unpaired) electrons. The van der Waals surface area contributed by atoms with Gasteiger partial charge >= 0.3 is 0 Å². The van der Waals surface area contributed by atoms with Crippen molar-refractivity contribution in [3.05, 3.63) is 34.1 Å². The molecular formula is C14H18BrFN2O. The maximum atomic E-state index is 13.6. The Morgan fingerprint density at radius 2 is 2.16 bits per heavy atom. The van der Waals surface area contributed by atoms with Crippen molar-refractivity contribution < 1.29 is 9.18 Å². The van der Waals surface area contributed by atoms with Crippen LogP contribution in [-0.4, -0.2) is 19.0 Å². The number of piperidine rings is 1. The smallest absolute Gasteiger partial charge is 0.226 e. The first kappa shape index (κ1) is 14.5. The summed E-state index contributed by atoms with van der Waals surface area (Å²) in [6, 6.07) is 4.74. The van der Waals surface area contributed by atoms with Crippen LogP contribution in [0.15, 0.2) is 22.7 Å². The first-order chi connectivity index (χ1) is 9.01. The Labute approximate surface area is 121 Å². The van der Waals surface area contributed by atoms with E-state index < -0.39 is 0 Å². The Hall–Kier alpha value is -0.940. The molecule has 2 rings (SSSR count). The molecule has 0 bridgehead atoms. The molecule has 1 aliphatic heterocycles. The highest BCUT2D eigenvalue weighted by Crippen LogP contribution is 2.28. The van der Waals surface area contributed by atoms with Crippen LogP contribution in [0.25, 0.3) is 0 Å². The second-order valence-electron chi connectivity index (χ2n) is 5.23. The molecule has 104 valence electrons. The minimum absolute atomic E-state index is 0.00776. The fourth-order valence-electron chi connectivity index (χ4n) is 2.27. The first-order valence-electron chi connectivity index (χ1n) is 6.44. The zero-order chi connectivity index (χ0) is 13.9. The van der Waals surface area contributed by atoms with Crippen LogP contribution in [0.4, 0.5) is 4.39 Å². The molecule has 1 aromatic carbocycles. The summed E-state index contributed by atoms with van der Waals surface area (Å²) in [5.41, 5.74) is 0.161. The van der Waals surface area contributed by atoms with Gasteiger partial charge in [-0.2, -0.15) is 0 Å². The Morgan fingerprint density at radius 1 is 1.47 bits per heavy atom. The van der Waals surface area contributed by atoms with E-state index in [0.717, 1.165) is 30.4 Å². The molecule has 0 saturated carbocycles. The van der Waals surface area contributed by atoms with E-state index in [0.29, 0.717) is 5.56 Å². The lowest BCUT2D eigenvalue weighted by molar-refractivity contribution is -0.131. The van der Waals surface area contributed by atoms with Crippen molar-refractivity contribution in [1.82, 2.24) is 10.6 Å². The van der Waals surface area contributed by atoms with E-state index in [2.05, 4.69) is 26.6 Å². The number of amides is 1. The maximum absolute atomic E-state index is 13.6. The molecule has 0 aromatic heterocycles. The van der Waals surface area contributed by atoms with Gasteiger partial charge in [-0.25, -0.2) is 4.39 Å². The summed E-state index contributed by atoms with van der Waals surface area (Å²) >= 11 is 3.30. The molecule has 1 amide bonds.